The fourth-order valence-corrected chi connectivity index (χ4v) is 5.13. The quantitative estimate of drug-likeness (QED) is 0.0653. The van der Waals surface area contributed by atoms with Gasteiger partial charge in [0.05, 0.1) is 25.4 Å². The van der Waals surface area contributed by atoms with Crippen LogP contribution in [-0.2, 0) is 9.47 Å². The summed E-state index contributed by atoms with van der Waals surface area (Å²) in [4.78, 5) is 12.6. The Morgan fingerprint density at radius 2 is 1.37 bits per heavy atom. The molecular formula is C36H52O5. The van der Waals surface area contributed by atoms with E-state index in [4.69, 9.17) is 18.9 Å². The highest BCUT2D eigenvalue weighted by molar-refractivity contribution is 5.91. The Labute approximate surface area is 248 Å². The molecule has 1 aliphatic heterocycles. The number of ether oxygens (including phenoxy) is 4. The normalized spacial score (nSPS) is 16.8. The van der Waals surface area contributed by atoms with E-state index in [0.29, 0.717) is 23.8 Å². The molecule has 0 radical (unpaired) electrons. The van der Waals surface area contributed by atoms with E-state index in [1.807, 2.05) is 30.3 Å². The van der Waals surface area contributed by atoms with E-state index in [0.717, 1.165) is 43.8 Å². The fraction of sp³-hybridized carbons (Fsp3) is 0.583. The van der Waals surface area contributed by atoms with Crippen LogP contribution in [0.25, 0.3) is 0 Å². The van der Waals surface area contributed by atoms with Gasteiger partial charge in [0.15, 0.2) is 6.29 Å². The summed E-state index contributed by atoms with van der Waals surface area (Å²) < 4.78 is 23.4. The summed E-state index contributed by atoms with van der Waals surface area (Å²) in [5, 5.41) is 0. The lowest BCUT2D eigenvalue weighted by Crippen LogP contribution is -2.27. The second kappa shape index (κ2) is 20.3. The molecule has 0 spiro atoms. The zero-order valence-corrected chi connectivity index (χ0v) is 25.3. The highest BCUT2D eigenvalue weighted by Crippen LogP contribution is 2.29. The predicted molar refractivity (Wildman–Crippen MR) is 167 cm³/mol. The molecule has 0 atom stereocenters. The van der Waals surface area contributed by atoms with Crippen molar-refractivity contribution in [2.24, 2.45) is 5.92 Å². The molecule has 5 nitrogen and oxygen atoms in total. The van der Waals surface area contributed by atoms with Gasteiger partial charge in [-0.25, -0.2) is 4.79 Å². The highest BCUT2D eigenvalue weighted by Gasteiger charge is 2.23. The van der Waals surface area contributed by atoms with E-state index in [1.54, 1.807) is 24.3 Å². The summed E-state index contributed by atoms with van der Waals surface area (Å²) in [5.41, 5.74) is 1.43. The van der Waals surface area contributed by atoms with E-state index in [9.17, 15) is 4.79 Å². The maximum Gasteiger partial charge on any atom is 0.343 e. The smallest absolute Gasteiger partial charge is 0.343 e. The monoisotopic (exact) mass is 564 g/mol. The Bertz CT molecular complexity index is 960. The Morgan fingerprint density at radius 3 is 2.02 bits per heavy atom. The second-order valence-corrected chi connectivity index (χ2v) is 11.3. The largest absolute Gasteiger partial charge is 0.494 e. The Balaban J connectivity index is 1.29. The molecule has 41 heavy (non-hydrogen) atoms. The van der Waals surface area contributed by atoms with Crippen molar-refractivity contribution in [3.63, 3.8) is 0 Å². The van der Waals surface area contributed by atoms with Crippen molar-refractivity contribution < 1.29 is 23.7 Å². The molecule has 3 rings (SSSR count). The van der Waals surface area contributed by atoms with Crippen molar-refractivity contribution in [2.45, 2.75) is 110 Å². The number of rotatable bonds is 21. The predicted octanol–water partition coefficient (Wildman–Crippen LogP) is 10.0. The first-order valence-electron chi connectivity index (χ1n) is 16.1. The van der Waals surface area contributed by atoms with Crippen molar-refractivity contribution in [1.82, 2.24) is 0 Å². The van der Waals surface area contributed by atoms with Crippen LogP contribution in [0.4, 0.5) is 0 Å². The number of esters is 1. The highest BCUT2D eigenvalue weighted by atomic mass is 16.7. The second-order valence-electron chi connectivity index (χ2n) is 11.3. The molecule has 0 N–H and O–H groups in total. The summed E-state index contributed by atoms with van der Waals surface area (Å²) >= 11 is 0. The molecule has 0 saturated carbocycles. The van der Waals surface area contributed by atoms with Crippen LogP contribution >= 0.6 is 0 Å². The summed E-state index contributed by atoms with van der Waals surface area (Å²) in [6.45, 7) is 8.17. The van der Waals surface area contributed by atoms with Crippen LogP contribution in [0, 0.1) is 5.92 Å². The van der Waals surface area contributed by atoms with Gasteiger partial charge in [0.25, 0.3) is 0 Å². The lowest BCUT2D eigenvalue weighted by molar-refractivity contribution is -0.206. The molecule has 0 amide bonds. The van der Waals surface area contributed by atoms with E-state index in [2.05, 4.69) is 13.5 Å². The SMILES string of the molecule is C=CCCCCCCCCCOc1ccc(C(=O)Oc2ccc(C3OCC(CCCCCCCC)CO3)cc2)cc1. The van der Waals surface area contributed by atoms with Gasteiger partial charge in [0.2, 0.25) is 0 Å². The van der Waals surface area contributed by atoms with Crippen molar-refractivity contribution in [3.05, 3.63) is 72.3 Å². The number of carbonyl (C=O) groups excluding carboxylic acids is 1. The molecule has 2 aromatic carbocycles. The van der Waals surface area contributed by atoms with Crippen molar-refractivity contribution in [2.75, 3.05) is 19.8 Å². The van der Waals surface area contributed by atoms with Gasteiger partial charge in [0, 0.05) is 11.5 Å². The maximum absolute atomic E-state index is 12.6. The number of carbonyl (C=O) groups is 1. The number of allylic oxidation sites excluding steroid dienone is 1. The molecule has 0 aliphatic carbocycles. The van der Waals surface area contributed by atoms with E-state index >= 15 is 0 Å². The first-order chi connectivity index (χ1) is 20.2. The van der Waals surface area contributed by atoms with Gasteiger partial charge in [-0.3, -0.25) is 0 Å². The fourth-order valence-electron chi connectivity index (χ4n) is 5.13. The molecule has 1 fully saturated rings. The first kappa shape index (κ1) is 32.9. The van der Waals surface area contributed by atoms with Crippen LogP contribution in [-0.4, -0.2) is 25.8 Å². The third-order valence-corrected chi connectivity index (χ3v) is 7.71. The zero-order valence-electron chi connectivity index (χ0n) is 25.3. The van der Waals surface area contributed by atoms with Crippen molar-refractivity contribution >= 4 is 5.97 Å². The van der Waals surface area contributed by atoms with Crippen LogP contribution in [0.1, 0.15) is 125 Å². The molecule has 1 aliphatic rings. The molecule has 0 aromatic heterocycles. The average Bonchev–Trinajstić information content (AvgIpc) is 3.01. The van der Waals surface area contributed by atoms with Crippen LogP contribution in [0.2, 0.25) is 0 Å². The van der Waals surface area contributed by atoms with Crippen LogP contribution in [0.5, 0.6) is 11.5 Å². The number of hydrogen-bond acceptors (Lipinski definition) is 5. The maximum atomic E-state index is 12.6. The van der Waals surface area contributed by atoms with Gasteiger partial charge in [-0.15, -0.1) is 6.58 Å². The Hall–Kier alpha value is -2.63. The summed E-state index contributed by atoms with van der Waals surface area (Å²) in [7, 11) is 0. The lowest BCUT2D eigenvalue weighted by atomic mass is 10.0. The molecule has 5 heteroatoms. The first-order valence-corrected chi connectivity index (χ1v) is 16.1. The third-order valence-electron chi connectivity index (χ3n) is 7.71. The molecule has 0 bridgehead atoms. The Morgan fingerprint density at radius 1 is 0.780 bits per heavy atom. The number of hydrogen-bond donors (Lipinski definition) is 0. The average molecular weight is 565 g/mol. The van der Waals surface area contributed by atoms with E-state index in [-0.39, 0.29) is 12.3 Å². The van der Waals surface area contributed by atoms with Crippen molar-refractivity contribution in [3.8, 4) is 11.5 Å². The minimum Gasteiger partial charge on any atom is -0.494 e. The van der Waals surface area contributed by atoms with Gasteiger partial charge >= 0.3 is 5.97 Å². The topological polar surface area (TPSA) is 54.0 Å². The summed E-state index contributed by atoms with van der Waals surface area (Å²) in [6.07, 6.45) is 20.4. The lowest BCUT2D eigenvalue weighted by Gasteiger charge is -2.29. The zero-order chi connectivity index (χ0) is 29.0. The minimum absolute atomic E-state index is 0.361. The van der Waals surface area contributed by atoms with Crippen LogP contribution in [0.15, 0.2) is 61.2 Å². The van der Waals surface area contributed by atoms with Gasteiger partial charge in [-0.05, 0) is 62.1 Å². The molecular weight excluding hydrogens is 512 g/mol. The number of benzene rings is 2. The molecule has 2 aromatic rings. The van der Waals surface area contributed by atoms with Crippen LogP contribution < -0.4 is 9.47 Å². The molecule has 1 saturated heterocycles. The van der Waals surface area contributed by atoms with Crippen molar-refractivity contribution in [1.29, 1.82) is 0 Å². The summed E-state index contributed by atoms with van der Waals surface area (Å²) in [6, 6.07) is 14.6. The summed E-state index contributed by atoms with van der Waals surface area (Å²) in [5.74, 6) is 1.36. The molecule has 1 heterocycles. The molecule has 226 valence electrons. The van der Waals surface area contributed by atoms with Gasteiger partial charge in [0.1, 0.15) is 11.5 Å². The number of unbranched alkanes of at least 4 members (excludes halogenated alkanes) is 12. The van der Waals surface area contributed by atoms with E-state index < -0.39 is 0 Å². The van der Waals surface area contributed by atoms with Crippen LogP contribution in [0.3, 0.4) is 0 Å². The van der Waals surface area contributed by atoms with E-state index in [1.165, 1.54) is 77.0 Å². The Kier molecular flexibility index (Phi) is 16.3. The third kappa shape index (κ3) is 13.3. The molecule has 0 unspecified atom stereocenters. The standard InChI is InChI=1S/C36H52O5/c1-3-5-7-9-11-12-13-15-17-27-38-33-23-19-31(20-24-33)35(37)41-34-25-21-32(22-26-34)36-39-28-30(29-40-36)18-16-14-10-8-6-4-2/h3,19-26,30,36H,1,4-18,27-29H2,2H3. The van der Waals surface area contributed by atoms with Gasteiger partial charge in [-0.2, -0.15) is 0 Å². The van der Waals surface area contributed by atoms with Gasteiger partial charge < -0.3 is 18.9 Å². The van der Waals surface area contributed by atoms with Gasteiger partial charge in [-0.1, -0.05) is 95.8 Å². The minimum atomic E-state index is -0.389.